The quantitative estimate of drug-likeness (QED) is 0.894. The lowest BCUT2D eigenvalue weighted by molar-refractivity contribution is -0.145. The molecule has 1 N–H and O–H groups in total. The normalized spacial score (nSPS) is 22.9. The molecule has 1 heterocycles. The fraction of sp³-hybridized carbons (Fsp3) is 0.588. The Labute approximate surface area is 120 Å². The first-order valence-corrected chi connectivity index (χ1v) is 7.49. The van der Waals surface area contributed by atoms with Crippen molar-refractivity contribution in [2.45, 2.75) is 63.4 Å². The third-order valence-electron chi connectivity index (χ3n) is 4.74. The van der Waals surface area contributed by atoms with Crippen LogP contribution in [-0.4, -0.2) is 16.7 Å². The largest absolute Gasteiger partial charge is 0.487 e. The summed E-state index contributed by atoms with van der Waals surface area (Å²) in [5, 5.41) is 9.75. The van der Waals surface area contributed by atoms with Gasteiger partial charge in [0.15, 0.2) is 0 Å². The Hall–Kier alpha value is -1.51. The van der Waals surface area contributed by atoms with Gasteiger partial charge >= 0.3 is 5.97 Å². The van der Waals surface area contributed by atoms with Crippen molar-refractivity contribution < 1.29 is 14.6 Å². The van der Waals surface area contributed by atoms with E-state index in [2.05, 4.69) is 19.9 Å². The average molecular weight is 274 g/mol. The van der Waals surface area contributed by atoms with Gasteiger partial charge in [0.05, 0.1) is 5.41 Å². The highest BCUT2D eigenvalue weighted by Gasteiger charge is 2.42. The first-order valence-electron chi connectivity index (χ1n) is 7.49. The number of carboxylic acids is 1. The number of benzene rings is 1. The number of hydrogen-bond donors (Lipinski definition) is 1. The van der Waals surface area contributed by atoms with Gasteiger partial charge in [-0.1, -0.05) is 31.4 Å². The van der Waals surface area contributed by atoms with Crippen molar-refractivity contribution in [2.75, 3.05) is 0 Å². The number of rotatable bonds is 2. The number of fused-ring (bicyclic) bond motifs is 1. The van der Waals surface area contributed by atoms with E-state index in [1.807, 2.05) is 12.1 Å². The van der Waals surface area contributed by atoms with E-state index in [9.17, 15) is 9.90 Å². The zero-order valence-electron chi connectivity index (χ0n) is 12.2. The molecule has 108 valence electrons. The van der Waals surface area contributed by atoms with E-state index < -0.39 is 11.4 Å². The highest BCUT2D eigenvalue weighted by Crippen LogP contribution is 2.43. The molecule has 1 aromatic carbocycles. The fourth-order valence-corrected chi connectivity index (χ4v) is 3.67. The summed E-state index contributed by atoms with van der Waals surface area (Å²) in [6, 6.07) is 6.03. The molecule has 0 atom stereocenters. The second-order valence-electron chi connectivity index (χ2n) is 6.81. The van der Waals surface area contributed by atoms with Crippen LogP contribution in [0.1, 0.15) is 57.1 Å². The molecule has 0 aromatic heterocycles. The van der Waals surface area contributed by atoms with E-state index in [4.69, 9.17) is 4.74 Å². The predicted octanol–water partition coefficient (Wildman–Crippen LogP) is 3.69. The molecule has 20 heavy (non-hydrogen) atoms. The minimum Gasteiger partial charge on any atom is -0.487 e. The Morgan fingerprint density at radius 2 is 1.90 bits per heavy atom. The lowest BCUT2D eigenvalue weighted by atomic mass is 9.69. The second-order valence-corrected chi connectivity index (χ2v) is 6.81. The Morgan fingerprint density at radius 1 is 1.20 bits per heavy atom. The van der Waals surface area contributed by atoms with Gasteiger partial charge in [-0.05, 0) is 43.9 Å². The molecule has 3 nitrogen and oxygen atoms in total. The minimum atomic E-state index is -0.705. The second kappa shape index (κ2) is 4.51. The molecule has 3 rings (SSSR count). The predicted molar refractivity (Wildman–Crippen MR) is 77.3 cm³/mol. The summed E-state index contributed by atoms with van der Waals surface area (Å²) in [4.78, 5) is 11.9. The highest BCUT2D eigenvalue weighted by atomic mass is 16.5. The van der Waals surface area contributed by atoms with Crippen molar-refractivity contribution in [3.63, 3.8) is 0 Å². The van der Waals surface area contributed by atoms with E-state index in [1.54, 1.807) is 0 Å². The van der Waals surface area contributed by atoms with Crippen molar-refractivity contribution >= 4 is 5.97 Å². The number of aliphatic carboxylic acids is 1. The number of carboxylic acid groups (broad SMARTS) is 1. The summed E-state index contributed by atoms with van der Waals surface area (Å²) in [7, 11) is 0. The van der Waals surface area contributed by atoms with Crippen LogP contribution >= 0.6 is 0 Å². The van der Waals surface area contributed by atoms with E-state index in [0.29, 0.717) is 0 Å². The lowest BCUT2D eigenvalue weighted by Crippen LogP contribution is -2.37. The van der Waals surface area contributed by atoms with Crippen molar-refractivity contribution in [3.8, 4) is 5.75 Å². The van der Waals surface area contributed by atoms with Crippen LogP contribution in [0.15, 0.2) is 18.2 Å². The van der Waals surface area contributed by atoms with E-state index in [1.165, 1.54) is 5.56 Å². The molecule has 0 radical (unpaired) electrons. The Balaban J connectivity index is 2.00. The average Bonchev–Trinajstić information content (AvgIpc) is 2.72. The van der Waals surface area contributed by atoms with Crippen LogP contribution in [0, 0.1) is 0 Å². The van der Waals surface area contributed by atoms with Gasteiger partial charge < -0.3 is 9.84 Å². The molecule has 0 bridgehead atoms. The number of carbonyl (C=O) groups is 1. The highest BCUT2D eigenvalue weighted by molar-refractivity contribution is 5.81. The molecule has 1 saturated carbocycles. The van der Waals surface area contributed by atoms with Gasteiger partial charge in [0.2, 0.25) is 0 Å². The van der Waals surface area contributed by atoms with Crippen molar-refractivity contribution in [1.82, 2.24) is 0 Å². The van der Waals surface area contributed by atoms with Gasteiger partial charge in [-0.25, -0.2) is 0 Å². The molecule has 3 heteroatoms. The summed E-state index contributed by atoms with van der Waals surface area (Å²) in [5.74, 6) is 0.188. The zero-order valence-corrected chi connectivity index (χ0v) is 12.2. The summed E-state index contributed by atoms with van der Waals surface area (Å²) in [6.07, 6.45) is 5.51. The maximum atomic E-state index is 11.9. The van der Waals surface area contributed by atoms with Crippen molar-refractivity contribution in [1.29, 1.82) is 0 Å². The van der Waals surface area contributed by atoms with Crippen LogP contribution in [0.4, 0.5) is 0 Å². The molecule has 0 saturated heterocycles. The molecular formula is C17H22O3. The Morgan fingerprint density at radius 3 is 2.55 bits per heavy atom. The molecular weight excluding hydrogens is 252 g/mol. The smallest absolute Gasteiger partial charge is 0.314 e. The van der Waals surface area contributed by atoms with Crippen LogP contribution in [0.5, 0.6) is 5.75 Å². The molecule has 1 aliphatic heterocycles. The molecule has 1 fully saturated rings. The van der Waals surface area contributed by atoms with Crippen LogP contribution in [0.2, 0.25) is 0 Å². The van der Waals surface area contributed by atoms with Crippen LogP contribution in [-0.2, 0) is 16.6 Å². The molecule has 1 aliphatic carbocycles. The van der Waals surface area contributed by atoms with Gasteiger partial charge in [-0.15, -0.1) is 0 Å². The summed E-state index contributed by atoms with van der Waals surface area (Å²) in [5.41, 5.74) is 1.23. The van der Waals surface area contributed by atoms with Gasteiger partial charge in [0, 0.05) is 6.42 Å². The molecule has 0 amide bonds. The zero-order chi connectivity index (χ0) is 14.4. The molecule has 2 aliphatic rings. The molecule has 1 aromatic rings. The summed E-state index contributed by atoms with van der Waals surface area (Å²) >= 11 is 0. The van der Waals surface area contributed by atoms with Gasteiger partial charge in [-0.3, -0.25) is 4.79 Å². The monoisotopic (exact) mass is 274 g/mol. The first kappa shape index (κ1) is 13.5. The fourth-order valence-electron chi connectivity index (χ4n) is 3.67. The van der Waals surface area contributed by atoms with E-state index in [0.717, 1.165) is 49.8 Å². The standard InChI is InChI=1S/C17H22O3/c1-16(2)11-12-6-7-13(10-14(12)20-16)17(15(18)19)8-4-3-5-9-17/h6-7,10H,3-5,8-9,11H2,1-2H3,(H,18,19). The SMILES string of the molecule is CC1(C)Cc2ccc(C3(C(=O)O)CCCCC3)cc2O1. The summed E-state index contributed by atoms with van der Waals surface area (Å²) in [6.45, 7) is 4.14. The van der Waals surface area contributed by atoms with Gasteiger partial charge in [0.1, 0.15) is 11.4 Å². The van der Waals surface area contributed by atoms with Gasteiger partial charge in [-0.2, -0.15) is 0 Å². The minimum absolute atomic E-state index is 0.177. The topological polar surface area (TPSA) is 46.5 Å². The van der Waals surface area contributed by atoms with Crippen LogP contribution in [0.25, 0.3) is 0 Å². The van der Waals surface area contributed by atoms with Crippen LogP contribution in [0.3, 0.4) is 0 Å². The maximum Gasteiger partial charge on any atom is 0.314 e. The Kier molecular flexibility index (Phi) is 3.03. The first-order chi connectivity index (χ1) is 9.43. The van der Waals surface area contributed by atoms with Gasteiger partial charge in [0.25, 0.3) is 0 Å². The molecule has 0 spiro atoms. The third-order valence-corrected chi connectivity index (χ3v) is 4.74. The Bertz CT molecular complexity index is 539. The molecule has 0 unspecified atom stereocenters. The lowest BCUT2D eigenvalue weighted by Gasteiger charge is -2.33. The van der Waals surface area contributed by atoms with Crippen LogP contribution < -0.4 is 4.74 Å². The van der Waals surface area contributed by atoms with Crippen molar-refractivity contribution in [2.24, 2.45) is 0 Å². The number of hydrogen-bond acceptors (Lipinski definition) is 2. The maximum absolute atomic E-state index is 11.9. The number of ether oxygens (including phenoxy) is 1. The van der Waals surface area contributed by atoms with Crippen molar-refractivity contribution in [3.05, 3.63) is 29.3 Å². The van der Waals surface area contributed by atoms with E-state index >= 15 is 0 Å². The summed E-state index contributed by atoms with van der Waals surface area (Å²) < 4.78 is 5.96. The van der Waals surface area contributed by atoms with E-state index in [-0.39, 0.29) is 5.60 Å². The third kappa shape index (κ3) is 2.09.